The molecule has 0 spiro atoms. The summed E-state index contributed by atoms with van der Waals surface area (Å²) in [6.45, 7) is 3.46. The summed E-state index contributed by atoms with van der Waals surface area (Å²) in [5, 5.41) is 0. The lowest BCUT2D eigenvalue weighted by molar-refractivity contribution is 0.445. The molecule has 4 aromatic carbocycles. The second kappa shape index (κ2) is 15.4. The van der Waals surface area contributed by atoms with E-state index in [1.165, 1.54) is 78.6 Å². The van der Waals surface area contributed by atoms with Crippen LogP contribution in [0.5, 0.6) is 0 Å². The van der Waals surface area contributed by atoms with Gasteiger partial charge in [-0.3, -0.25) is 0 Å². The van der Waals surface area contributed by atoms with Gasteiger partial charge in [-0.05, 0) is 41.0 Å². The third-order valence-corrected chi connectivity index (χ3v) is 12.9. The van der Waals surface area contributed by atoms with Crippen LogP contribution in [0.1, 0.15) is 19.4 Å². The molecule has 0 aliphatic carbocycles. The molecule has 2 heterocycles. The average Bonchev–Trinajstić information content (AvgIpc) is 3.16. The number of anilines is 2. The number of hydrogen-bond acceptors (Lipinski definition) is 10. The lowest BCUT2D eigenvalue weighted by Crippen LogP contribution is -2.31. The molecule has 0 saturated carbocycles. The van der Waals surface area contributed by atoms with Crippen molar-refractivity contribution >= 4 is 31.9 Å². The van der Waals surface area contributed by atoms with Crippen molar-refractivity contribution in [2.45, 2.75) is 30.2 Å². The number of aromatic nitrogens is 4. The molecule has 6 rings (SSSR count). The lowest BCUT2D eigenvalue weighted by Gasteiger charge is -2.25. The van der Waals surface area contributed by atoms with E-state index in [-0.39, 0.29) is 69.1 Å². The smallest absolute Gasteiger partial charge is 0.243 e. The second-order valence-electron chi connectivity index (χ2n) is 12.2. The van der Waals surface area contributed by atoms with Gasteiger partial charge in [-0.1, -0.05) is 68.4 Å². The van der Waals surface area contributed by atoms with E-state index in [4.69, 9.17) is 11.5 Å². The summed E-state index contributed by atoms with van der Waals surface area (Å²) in [6, 6.07) is 19.3. The predicted octanol–water partition coefficient (Wildman–Crippen LogP) is 6.23. The number of nitrogens with zero attached hydrogens (tertiary/aromatic N) is 6. The third kappa shape index (κ3) is 7.41. The van der Waals surface area contributed by atoms with Gasteiger partial charge in [-0.25, -0.2) is 45.6 Å². The molecular formula is C38H36F2N8O4S2. The molecule has 54 heavy (non-hydrogen) atoms. The zero-order chi connectivity index (χ0) is 38.8. The van der Waals surface area contributed by atoms with E-state index < -0.39 is 31.7 Å². The van der Waals surface area contributed by atoms with Gasteiger partial charge in [0.15, 0.2) is 0 Å². The molecule has 0 atom stereocenters. The van der Waals surface area contributed by atoms with E-state index in [2.05, 4.69) is 19.9 Å². The Hall–Kier alpha value is -5.68. The van der Waals surface area contributed by atoms with Gasteiger partial charge in [0, 0.05) is 84.9 Å². The van der Waals surface area contributed by atoms with Crippen molar-refractivity contribution in [1.29, 1.82) is 0 Å². The number of nitrogen functional groups attached to an aromatic ring is 2. The van der Waals surface area contributed by atoms with Crippen molar-refractivity contribution in [3.05, 3.63) is 121 Å². The Kier molecular flexibility index (Phi) is 10.8. The first-order valence-electron chi connectivity index (χ1n) is 16.7. The molecule has 278 valence electrons. The maximum absolute atomic E-state index is 15.8. The maximum Gasteiger partial charge on any atom is 0.243 e. The molecule has 16 heteroatoms. The van der Waals surface area contributed by atoms with E-state index in [9.17, 15) is 16.8 Å². The van der Waals surface area contributed by atoms with Crippen molar-refractivity contribution in [2.24, 2.45) is 0 Å². The third-order valence-electron chi connectivity index (χ3n) is 8.91. The molecule has 12 nitrogen and oxygen atoms in total. The van der Waals surface area contributed by atoms with Crippen molar-refractivity contribution < 1.29 is 25.6 Å². The molecular weight excluding hydrogens is 735 g/mol. The summed E-state index contributed by atoms with van der Waals surface area (Å²) in [4.78, 5) is 15.5. The number of nitrogens with two attached hydrogens (primary N) is 2. The first-order valence-corrected chi connectivity index (χ1v) is 19.6. The summed E-state index contributed by atoms with van der Waals surface area (Å²) >= 11 is 0. The summed E-state index contributed by atoms with van der Waals surface area (Å²) in [5.74, 6) is -1.25. The highest BCUT2D eigenvalue weighted by atomic mass is 32.2. The standard InChI is InChI=1S/C38H36F2N8O4S2/c1-4-48(5-2)54(51,52)35-12-8-9-26(36(35)25-14-16-30(33(40)18-25)28-21-45-38(42)46-22-28)23-47(3)53(49,50)34-11-7-6-10-31(34)24-13-15-29(32(39)17-24)27-19-43-37(41)44-20-27/h6-22H,4-5,23H2,1-3H3,(H2,41,43,44)(H2,42,45,46). The van der Waals surface area contributed by atoms with Gasteiger partial charge >= 0.3 is 0 Å². The van der Waals surface area contributed by atoms with E-state index in [0.29, 0.717) is 22.3 Å². The van der Waals surface area contributed by atoms with Crippen molar-refractivity contribution in [1.82, 2.24) is 28.5 Å². The van der Waals surface area contributed by atoms with Gasteiger partial charge in [0.05, 0.1) is 9.79 Å². The van der Waals surface area contributed by atoms with Crippen molar-refractivity contribution in [2.75, 3.05) is 31.6 Å². The van der Waals surface area contributed by atoms with Gasteiger partial charge in [0.2, 0.25) is 31.9 Å². The van der Waals surface area contributed by atoms with Crippen LogP contribution in [0.15, 0.2) is 113 Å². The fourth-order valence-electron chi connectivity index (χ4n) is 6.15. The summed E-state index contributed by atoms with van der Waals surface area (Å²) in [7, 11) is -7.07. The van der Waals surface area contributed by atoms with E-state index in [0.717, 1.165) is 4.31 Å². The number of halogens is 2. The lowest BCUT2D eigenvalue weighted by atomic mass is 9.97. The Balaban J connectivity index is 1.42. The largest absolute Gasteiger partial charge is 0.368 e. The fraction of sp³-hybridized carbons (Fsp3) is 0.158. The van der Waals surface area contributed by atoms with E-state index >= 15 is 8.78 Å². The zero-order valence-corrected chi connectivity index (χ0v) is 31.1. The Morgan fingerprint density at radius 2 is 1.09 bits per heavy atom. The molecule has 0 bridgehead atoms. The first-order chi connectivity index (χ1) is 25.8. The SMILES string of the molecule is CCN(CC)S(=O)(=O)c1cccc(CN(C)S(=O)(=O)c2ccccc2-c2ccc(-c3cnc(N)nc3)c(F)c2)c1-c1ccc(-c2cnc(N)nc2)c(F)c1. The molecule has 0 aliphatic heterocycles. The molecule has 0 unspecified atom stereocenters. The number of sulfonamides is 2. The Morgan fingerprint density at radius 1 is 0.593 bits per heavy atom. The van der Waals surface area contributed by atoms with Gasteiger partial charge < -0.3 is 11.5 Å². The van der Waals surface area contributed by atoms with Crippen LogP contribution in [-0.2, 0) is 26.6 Å². The Labute approximate surface area is 312 Å². The monoisotopic (exact) mass is 770 g/mol. The predicted molar refractivity (Wildman–Crippen MR) is 203 cm³/mol. The summed E-state index contributed by atoms with van der Waals surface area (Å²) in [6.07, 6.45) is 5.53. The maximum atomic E-state index is 15.8. The molecule has 0 radical (unpaired) electrons. The quantitative estimate of drug-likeness (QED) is 0.145. The minimum atomic E-state index is -4.30. The van der Waals surface area contributed by atoms with E-state index in [1.807, 2.05) is 0 Å². The Morgan fingerprint density at radius 3 is 1.63 bits per heavy atom. The van der Waals surface area contributed by atoms with Crippen LogP contribution in [0.3, 0.4) is 0 Å². The van der Waals surface area contributed by atoms with Gasteiger partial charge in [0.25, 0.3) is 0 Å². The van der Waals surface area contributed by atoms with Crippen LogP contribution in [0.4, 0.5) is 20.7 Å². The first kappa shape index (κ1) is 38.1. The zero-order valence-electron chi connectivity index (χ0n) is 29.5. The summed E-state index contributed by atoms with van der Waals surface area (Å²) in [5.41, 5.74) is 13.5. The minimum absolute atomic E-state index is 0.0209. The average molecular weight is 771 g/mol. The molecule has 0 saturated heterocycles. The second-order valence-corrected chi connectivity index (χ2v) is 16.1. The molecule has 6 aromatic rings. The number of benzene rings is 4. The van der Waals surface area contributed by atoms with Crippen LogP contribution in [0.25, 0.3) is 44.5 Å². The highest BCUT2D eigenvalue weighted by Gasteiger charge is 2.30. The van der Waals surface area contributed by atoms with Gasteiger partial charge in [-0.2, -0.15) is 8.61 Å². The number of rotatable bonds is 12. The van der Waals surface area contributed by atoms with Crippen molar-refractivity contribution in [3.8, 4) is 44.5 Å². The minimum Gasteiger partial charge on any atom is -0.368 e. The fourth-order valence-corrected chi connectivity index (χ4v) is 9.23. The topological polar surface area (TPSA) is 178 Å². The summed E-state index contributed by atoms with van der Waals surface area (Å²) < 4.78 is 90.4. The van der Waals surface area contributed by atoms with Crippen LogP contribution in [0.2, 0.25) is 0 Å². The number of hydrogen-bond donors (Lipinski definition) is 2. The van der Waals surface area contributed by atoms with Crippen LogP contribution in [-0.4, -0.2) is 65.5 Å². The molecule has 2 aromatic heterocycles. The molecule has 4 N–H and O–H groups in total. The van der Waals surface area contributed by atoms with Crippen molar-refractivity contribution in [3.63, 3.8) is 0 Å². The van der Waals surface area contributed by atoms with Crippen LogP contribution < -0.4 is 11.5 Å². The highest BCUT2D eigenvalue weighted by molar-refractivity contribution is 7.89. The normalized spacial score (nSPS) is 12.1. The van der Waals surface area contributed by atoms with Crippen LogP contribution in [0, 0.1) is 11.6 Å². The molecule has 0 fully saturated rings. The highest BCUT2D eigenvalue weighted by Crippen LogP contribution is 2.38. The Bertz CT molecular complexity index is 2550. The molecule has 0 amide bonds. The van der Waals surface area contributed by atoms with Gasteiger partial charge in [-0.15, -0.1) is 0 Å². The van der Waals surface area contributed by atoms with E-state index in [1.54, 1.807) is 50.2 Å². The van der Waals surface area contributed by atoms with Crippen LogP contribution >= 0.6 is 0 Å². The van der Waals surface area contributed by atoms with Gasteiger partial charge in [0.1, 0.15) is 11.6 Å². The molecule has 0 aliphatic rings.